The lowest BCUT2D eigenvalue weighted by Crippen LogP contribution is -2.34. The third-order valence-corrected chi connectivity index (χ3v) is 3.58. The second-order valence-electron chi connectivity index (χ2n) is 5.99. The molecular formula is C17H25NO2. The lowest BCUT2D eigenvalue weighted by Gasteiger charge is -2.25. The van der Waals surface area contributed by atoms with Crippen molar-refractivity contribution >= 4 is 5.78 Å². The average Bonchev–Trinajstić information content (AvgIpc) is 2.46. The van der Waals surface area contributed by atoms with Crippen molar-refractivity contribution < 1.29 is 9.53 Å². The van der Waals surface area contributed by atoms with E-state index in [9.17, 15) is 4.79 Å². The van der Waals surface area contributed by atoms with Gasteiger partial charge in [0.15, 0.2) is 5.78 Å². The second-order valence-corrected chi connectivity index (χ2v) is 5.99. The first kappa shape index (κ1) is 15.0. The van der Waals surface area contributed by atoms with Gasteiger partial charge in [0.2, 0.25) is 0 Å². The van der Waals surface area contributed by atoms with Crippen molar-refractivity contribution in [1.29, 1.82) is 0 Å². The summed E-state index contributed by atoms with van der Waals surface area (Å²) < 4.78 is 5.63. The minimum Gasteiger partial charge on any atom is -0.493 e. The normalized spacial score (nSPS) is 16.4. The van der Waals surface area contributed by atoms with Gasteiger partial charge in [-0.05, 0) is 56.1 Å². The Morgan fingerprint density at radius 1 is 1.15 bits per heavy atom. The van der Waals surface area contributed by atoms with Crippen molar-refractivity contribution in [3.63, 3.8) is 0 Å². The van der Waals surface area contributed by atoms with Crippen molar-refractivity contribution in [3.8, 4) is 5.75 Å². The predicted molar refractivity (Wildman–Crippen MR) is 81.4 cm³/mol. The maximum Gasteiger partial charge on any atom is 0.176 e. The molecule has 1 heterocycles. The Hall–Kier alpha value is -1.35. The highest BCUT2D eigenvalue weighted by Gasteiger charge is 2.15. The van der Waals surface area contributed by atoms with E-state index in [1.807, 2.05) is 24.3 Å². The molecular weight excluding hydrogens is 250 g/mol. The van der Waals surface area contributed by atoms with Crippen LogP contribution in [0.2, 0.25) is 0 Å². The van der Waals surface area contributed by atoms with Crippen LogP contribution in [-0.4, -0.2) is 36.9 Å². The van der Waals surface area contributed by atoms with Gasteiger partial charge in [-0.1, -0.05) is 20.3 Å². The Labute approximate surface area is 121 Å². The summed E-state index contributed by atoms with van der Waals surface area (Å²) in [6.07, 6.45) is 3.73. The Morgan fingerprint density at radius 2 is 1.80 bits per heavy atom. The van der Waals surface area contributed by atoms with E-state index in [-0.39, 0.29) is 5.78 Å². The van der Waals surface area contributed by atoms with Gasteiger partial charge in [0.25, 0.3) is 0 Å². The van der Waals surface area contributed by atoms with Crippen molar-refractivity contribution in [2.75, 3.05) is 26.2 Å². The number of Topliss-reactive ketones (excluding diaryl/α,β-unsaturated/α-hetero) is 1. The molecule has 110 valence electrons. The molecule has 0 saturated carbocycles. The molecule has 0 unspecified atom stereocenters. The monoisotopic (exact) mass is 275 g/mol. The topological polar surface area (TPSA) is 29.5 Å². The van der Waals surface area contributed by atoms with Gasteiger partial charge in [-0.3, -0.25) is 9.69 Å². The van der Waals surface area contributed by atoms with E-state index in [1.54, 1.807) is 0 Å². The van der Waals surface area contributed by atoms with Crippen molar-refractivity contribution in [2.45, 2.75) is 33.1 Å². The molecule has 0 aliphatic carbocycles. The van der Waals surface area contributed by atoms with Crippen LogP contribution in [0.3, 0.4) is 0 Å². The first-order valence-electron chi connectivity index (χ1n) is 7.63. The van der Waals surface area contributed by atoms with E-state index >= 15 is 0 Å². The van der Waals surface area contributed by atoms with E-state index in [4.69, 9.17) is 4.74 Å². The zero-order valence-electron chi connectivity index (χ0n) is 12.6. The minimum absolute atomic E-state index is 0.210. The fourth-order valence-electron chi connectivity index (χ4n) is 2.41. The molecule has 0 bridgehead atoms. The number of carbonyl (C=O) groups excluding carboxylic acids is 1. The summed E-state index contributed by atoms with van der Waals surface area (Å²) in [4.78, 5) is 14.5. The Bertz CT molecular complexity index is 419. The van der Waals surface area contributed by atoms with Crippen molar-refractivity contribution in [1.82, 2.24) is 4.90 Å². The predicted octanol–water partition coefficient (Wildman–Crippen LogP) is 3.39. The molecule has 2 rings (SSSR count). The summed E-state index contributed by atoms with van der Waals surface area (Å²) in [6, 6.07) is 7.54. The molecule has 3 heteroatoms. The van der Waals surface area contributed by atoms with Gasteiger partial charge in [-0.25, -0.2) is 0 Å². The number of ether oxygens (including phenoxy) is 1. The zero-order valence-corrected chi connectivity index (χ0v) is 12.6. The fourth-order valence-corrected chi connectivity index (χ4v) is 2.41. The number of rotatable bonds is 6. The van der Waals surface area contributed by atoms with Crippen molar-refractivity contribution in [3.05, 3.63) is 29.8 Å². The molecule has 1 aliphatic heterocycles. The molecule has 1 saturated heterocycles. The van der Waals surface area contributed by atoms with Gasteiger partial charge in [-0.2, -0.15) is 0 Å². The lowest BCUT2D eigenvalue weighted by molar-refractivity contribution is 0.0915. The van der Waals surface area contributed by atoms with Gasteiger partial charge in [0.1, 0.15) is 5.75 Å². The number of hydrogen-bond acceptors (Lipinski definition) is 3. The van der Waals surface area contributed by atoms with Gasteiger partial charge >= 0.3 is 0 Å². The average molecular weight is 275 g/mol. The Balaban J connectivity index is 1.86. The maximum atomic E-state index is 12.2. The number of nitrogens with zero attached hydrogens (tertiary/aromatic N) is 1. The summed E-state index contributed by atoms with van der Waals surface area (Å²) in [6.45, 7) is 7.61. The number of benzene rings is 1. The molecule has 20 heavy (non-hydrogen) atoms. The van der Waals surface area contributed by atoms with Crippen LogP contribution in [0.15, 0.2) is 24.3 Å². The highest BCUT2D eigenvalue weighted by molar-refractivity contribution is 5.97. The lowest BCUT2D eigenvalue weighted by atomic mass is 10.1. The summed E-state index contributed by atoms with van der Waals surface area (Å²) in [5.41, 5.74) is 0.785. The molecule has 1 aliphatic rings. The van der Waals surface area contributed by atoms with Gasteiger partial charge in [0.05, 0.1) is 13.2 Å². The van der Waals surface area contributed by atoms with Crippen LogP contribution < -0.4 is 4.74 Å². The van der Waals surface area contributed by atoms with Crippen LogP contribution in [0.1, 0.15) is 43.5 Å². The highest BCUT2D eigenvalue weighted by atomic mass is 16.5. The molecule has 1 aromatic carbocycles. The molecule has 0 spiro atoms. The standard InChI is InChI=1S/C17H25NO2/c1-14(2)13-20-16-8-6-15(7-9-16)17(19)12-18-10-4-3-5-11-18/h6-9,14H,3-5,10-13H2,1-2H3. The summed E-state index contributed by atoms with van der Waals surface area (Å²) >= 11 is 0. The smallest absolute Gasteiger partial charge is 0.176 e. The molecule has 0 radical (unpaired) electrons. The van der Waals surface area contributed by atoms with E-state index < -0.39 is 0 Å². The van der Waals surface area contributed by atoms with Crippen LogP contribution in [-0.2, 0) is 0 Å². The fraction of sp³-hybridized carbons (Fsp3) is 0.588. The quantitative estimate of drug-likeness (QED) is 0.745. The molecule has 0 N–H and O–H groups in total. The van der Waals surface area contributed by atoms with Gasteiger partial charge in [-0.15, -0.1) is 0 Å². The number of carbonyl (C=O) groups is 1. The van der Waals surface area contributed by atoms with Crippen LogP contribution in [0.4, 0.5) is 0 Å². The van der Waals surface area contributed by atoms with E-state index in [0.717, 1.165) is 24.4 Å². The molecule has 3 nitrogen and oxygen atoms in total. The summed E-state index contributed by atoms with van der Waals surface area (Å²) in [7, 11) is 0. The summed E-state index contributed by atoms with van der Waals surface area (Å²) in [5, 5.41) is 0. The van der Waals surface area contributed by atoms with Crippen LogP contribution in [0.5, 0.6) is 5.75 Å². The van der Waals surface area contributed by atoms with Crippen molar-refractivity contribution in [2.24, 2.45) is 5.92 Å². The molecule has 0 aromatic heterocycles. The molecule has 1 fully saturated rings. The largest absolute Gasteiger partial charge is 0.493 e. The van der Waals surface area contributed by atoms with Crippen LogP contribution in [0, 0.1) is 5.92 Å². The Kier molecular flexibility index (Phi) is 5.60. The number of piperidine rings is 1. The first-order valence-corrected chi connectivity index (χ1v) is 7.63. The zero-order chi connectivity index (χ0) is 14.4. The SMILES string of the molecule is CC(C)COc1ccc(C(=O)CN2CCCCC2)cc1. The Morgan fingerprint density at radius 3 is 2.40 bits per heavy atom. The summed E-state index contributed by atoms with van der Waals surface area (Å²) in [5.74, 6) is 1.56. The van der Waals surface area contributed by atoms with Crippen LogP contribution >= 0.6 is 0 Å². The van der Waals surface area contributed by atoms with E-state index in [1.165, 1.54) is 19.3 Å². The van der Waals surface area contributed by atoms with Gasteiger partial charge in [0, 0.05) is 5.56 Å². The first-order chi connectivity index (χ1) is 9.65. The van der Waals surface area contributed by atoms with E-state index in [2.05, 4.69) is 18.7 Å². The molecule has 0 amide bonds. The maximum absolute atomic E-state index is 12.2. The third-order valence-electron chi connectivity index (χ3n) is 3.58. The number of likely N-dealkylation sites (tertiary alicyclic amines) is 1. The highest BCUT2D eigenvalue weighted by Crippen LogP contribution is 2.15. The molecule has 1 aromatic rings. The molecule has 0 atom stereocenters. The third kappa shape index (κ3) is 4.64. The van der Waals surface area contributed by atoms with E-state index in [0.29, 0.717) is 19.1 Å². The van der Waals surface area contributed by atoms with Gasteiger partial charge < -0.3 is 4.74 Å². The number of ketones is 1. The number of hydrogen-bond donors (Lipinski definition) is 0. The second kappa shape index (κ2) is 7.44. The minimum atomic E-state index is 0.210. The van der Waals surface area contributed by atoms with Crippen LogP contribution in [0.25, 0.3) is 0 Å².